The smallest absolute Gasteiger partial charge is 0.244 e. The first-order chi connectivity index (χ1) is 15.5. The lowest BCUT2D eigenvalue weighted by Crippen LogP contribution is -2.31. The maximum atomic E-state index is 13.2. The average molecular weight is 451 g/mol. The number of carbonyl (C=O) groups excluding carboxylic acids is 1. The molecule has 3 rings (SSSR count). The Bertz CT molecular complexity index is 1130. The highest BCUT2D eigenvalue weighted by Crippen LogP contribution is 2.28. The lowest BCUT2D eigenvalue weighted by molar-refractivity contribution is -0.116. The minimum atomic E-state index is -3.72. The first-order valence-electron chi connectivity index (χ1n) is 10.4. The van der Waals surface area contributed by atoms with Gasteiger partial charge < -0.3 is 10.1 Å². The van der Waals surface area contributed by atoms with E-state index in [1.165, 1.54) is 12.3 Å². The van der Waals surface area contributed by atoms with Crippen LogP contribution in [0.15, 0.2) is 90.1 Å². The van der Waals surface area contributed by atoms with Gasteiger partial charge in [-0.25, -0.2) is 8.42 Å². The van der Waals surface area contributed by atoms with Crippen LogP contribution in [0.5, 0.6) is 5.75 Å². The molecule has 0 saturated carbocycles. The zero-order valence-corrected chi connectivity index (χ0v) is 18.7. The third kappa shape index (κ3) is 6.28. The molecule has 1 heterocycles. The van der Waals surface area contributed by atoms with Crippen LogP contribution < -0.4 is 10.1 Å². The molecule has 0 saturated heterocycles. The zero-order chi connectivity index (χ0) is 22.8. The molecule has 1 aromatic heterocycles. The molecule has 0 bridgehead atoms. The quantitative estimate of drug-likeness (QED) is 0.468. The molecule has 0 aliphatic heterocycles. The lowest BCUT2D eigenvalue weighted by Gasteiger charge is -2.18. The van der Waals surface area contributed by atoms with E-state index in [4.69, 9.17) is 4.74 Å². The summed E-state index contributed by atoms with van der Waals surface area (Å²) in [5.74, 6) is 0.396. The maximum Gasteiger partial charge on any atom is 0.244 e. The van der Waals surface area contributed by atoms with E-state index in [-0.39, 0.29) is 17.3 Å². The Morgan fingerprint density at radius 3 is 2.47 bits per heavy atom. The highest BCUT2D eigenvalue weighted by Gasteiger charge is 2.29. The third-order valence-corrected chi connectivity index (χ3v) is 6.86. The monoisotopic (exact) mass is 450 g/mol. The molecule has 0 spiro atoms. The predicted octanol–water partition coefficient (Wildman–Crippen LogP) is 4.22. The number of amides is 1. The number of pyridine rings is 1. The van der Waals surface area contributed by atoms with E-state index in [2.05, 4.69) is 10.3 Å². The van der Waals surface area contributed by atoms with Crippen molar-refractivity contribution in [2.45, 2.75) is 23.5 Å². The van der Waals surface area contributed by atoms with Crippen molar-refractivity contribution in [1.29, 1.82) is 0 Å². The molecule has 2 aromatic carbocycles. The van der Waals surface area contributed by atoms with Gasteiger partial charge in [0.2, 0.25) is 5.91 Å². The Labute approximate surface area is 188 Å². The van der Waals surface area contributed by atoms with Crippen LogP contribution >= 0.6 is 0 Å². The minimum Gasteiger partial charge on any atom is -0.494 e. The Morgan fingerprint density at radius 1 is 1.06 bits per heavy atom. The Kier molecular flexibility index (Phi) is 8.16. The second kappa shape index (κ2) is 11.2. The summed E-state index contributed by atoms with van der Waals surface area (Å²) in [4.78, 5) is 16.6. The maximum absolute atomic E-state index is 13.2. The van der Waals surface area contributed by atoms with Gasteiger partial charge in [-0.2, -0.15) is 0 Å². The van der Waals surface area contributed by atoms with Crippen LogP contribution in [-0.4, -0.2) is 32.5 Å². The first-order valence-corrected chi connectivity index (χ1v) is 11.9. The summed E-state index contributed by atoms with van der Waals surface area (Å²) in [6.07, 6.45) is 7.08. The molecule has 7 heteroatoms. The van der Waals surface area contributed by atoms with Crippen molar-refractivity contribution < 1.29 is 17.9 Å². The summed E-state index contributed by atoms with van der Waals surface area (Å²) in [7, 11) is -3.72. The van der Waals surface area contributed by atoms with Crippen molar-refractivity contribution >= 4 is 21.8 Å². The molecule has 0 aliphatic carbocycles. The SMILES string of the molecule is CCCOc1ccc(/C=C/C(=O)NCC(c2cccnc2)S(=O)(=O)c2ccccc2)cc1. The predicted molar refractivity (Wildman–Crippen MR) is 125 cm³/mol. The van der Waals surface area contributed by atoms with Crippen LogP contribution in [0.1, 0.15) is 29.7 Å². The molecule has 1 atom stereocenters. The average Bonchev–Trinajstić information content (AvgIpc) is 2.83. The van der Waals surface area contributed by atoms with E-state index in [0.717, 1.165) is 17.7 Å². The number of hydrogen-bond donors (Lipinski definition) is 1. The summed E-state index contributed by atoms with van der Waals surface area (Å²) < 4.78 is 32.0. The first kappa shape index (κ1) is 23.2. The lowest BCUT2D eigenvalue weighted by atomic mass is 10.2. The molecule has 0 aliphatic rings. The molecular weight excluding hydrogens is 424 g/mol. The molecule has 32 heavy (non-hydrogen) atoms. The standard InChI is InChI=1S/C25H26N2O4S/c1-2-17-31-22-13-10-20(11-14-22)12-15-25(28)27-19-24(21-7-6-16-26-18-21)32(29,30)23-8-4-3-5-9-23/h3-16,18,24H,2,17,19H2,1H3,(H,27,28)/b15-12+. The normalized spacial score (nSPS) is 12.4. The van der Waals surface area contributed by atoms with Crippen molar-refractivity contribution in [3.05, 3.63) is 96.3 Å². The van der Waals surface area contributed by atoms with Crippen molar-refractivity contribution in [2.24, 2.45) is 0 Å². The van der Waals surface area contributed by atoms with Gasteiger partial charge in [0, 0.05) is 25.0 Å². The second-order valence-electron chi connectivity index (χ2n) is 7.13. The number of hydrogen-bond acceptors (Lipinski definition) is 5. The van der Waals surface area contributed by atoms with Crippen LogP contribution in [0.25, 0.3) is 6.08 Å². The van der Waals surface area contributed by atoms with Gasteiger partial charge in [0.15, 0.2) is 9.84 Å². The topological polar surface area (TPSA) is 85.4 Å². The van der Waals surface area contributed by atoms with Crippen molar-refractivity contribution in [1.82, 2.24) is 10.3 Å². The largest absolute Gasteiger partial charge is 0.494 e. The van der Waals surface area contributed by atoms with Crippen molar-refractivity contribution in [3.63, 3.8) is 0 Å². The molecule has 1 amide bonds. The highest BCUT2D eigenvalue weighted by atomic mass is 32.2. The number of nitrogens with one attached hydrogen (secondary N) is 1. The van der Waals surface area contributed by atoms with E-state index in [1.54, 1.807) is 54.7 Å². The van der Waals surface area contributed by atoms with Crippen LogP contribution in [0, 0.1) is 0 Å². The number of aromatic nitrogens is 1. The second-order valence-corrected chi connectivity index (χ2v) is 9.26. The molecule has 6 nitrogen and oxygen atoms in total. The molecule has 0 fully saturated rings. The molecule has 1 unspecified atom stereocenters. The fourth-order valence-electron chi connectivity index (χ4n) is 3.07. The van der Waals surface area contributed by atoms with Gasteiger partial charge in [-0.05, 0) is 54.0 Å². The van der Waals surface area contributed by atoms with Gasteiger partial charge in [-0.15, -0.1) is 0 Å². The summed E-state index contributed by atoms with van der Waals surface area (Å²) in [6.45, 7) is 2.62. The van der Waals surface area contributed by atoms with Crippen LogP contribution in [0.2, 0.25) is 0 Å². The summed E-state index contributed by atoms with van der Waals surface area (Å²) in [6, 6.07) is 19.0. The zero-order valence-electron chi connectivity index (χ0n) is 17.8. The van der Waals surface area contributed by atoms with E-state index in [0.29, 0.717) is 12.2 Å². The van der Waals surface area contributed by atoms with Crippen LogP contribution in [-0.2, 0) is 14.6 Å². The van der Waals surface area contributed by atoms with Gasteiger partial charge in [0.05, 0.1) is 11.5 Å². The summed E-state index contributed by atoms with van der Waals surface area (Å²) in [5, 5.41) is 1.76. The van der Waals surface area contributed by atoms with Crippen molar-refractivity contribution in [2.75, 3.05) is 13.2 Å². The Hall–Kier alpha value is -3.45. The minimum absolute atomic E-state index is 0.0735. The number of benzene rings is 2. The number of carbonyl (C=O) groups is 1. The van der Waals surface area contributed by atoms with E-state index < -0.39 is 15.1 Å². The fraction of sp³-hybridized carbons (Fsp3) is 0.200. The molecular formula is C25H26N2O4S. The molecule has 1 N–H and O–H groups in total. The number of nitrogens with zero attached hydrogens (tertiary/aromatic N) is 1. The van der Waals surface area contributed by atoms with Gasteiger partial charge in [-0.1, -0.05) is 43.3 Å². The Morgan fingerprint density at radius 2 is 1.81 bits per heavy atom. The third-order valence-electron chi connectivity index (χ3n) is 4.74. The van der Waals surface area contributed by atoms with Crippen LogP contribution in [0.4, 0.5) is 0 Å². The molecule has 3 aromatic rings. The van der Waals surface area contributed by atoms with Gasteiger partial charge in [-0.3, -0.25) is 9.78 Å². The molecule has 0 radical (unpaired) electrons. The van der Waals surface area contributed by atoms with Gasteiger partial charge >= 0.3 is 0 Å². The Balaban J connectivity index is 1.69. The molecule has 166 valence electrons. The van der Waals surface area contributed by atoms with Gasteiger partial charge in [0.1, 0.15) is 11.0 Å². The highest BCUT2D eigenvalue weighted by molar-refractivity contribution is 7.91. The van der Waals surface area contributed by atoms with Crippen molar-refractivity contribution in [3.8, 4) is 5.75 Å². The fourth-order valence-corrected chi connectivity index (χ4v) is 4.73. The number of rotatable bonds is 10. The van der Waals surface area contributed by atoms with E-state index >= 15 is 0 Å². The van der Waals surface area contributed by atoms with Gasteiger partial charge in [0.25, 0.3) is 0 Å². The van der Waals surface area contributed by atoms with E-state index in [1.807, 2.05) is 31.2 Å². The van der Waals surface area contributed by atoms with E-state index in [9.17, 15) is 13.2 Å². The number of ether oxygens (including phenoxy) is 1. The van der Waals surface area contributed by atoms with Crippen LogP contribution in [0.3, 0.4) is 0 Å². The number of sulfone groups is 1. The summed E-state index contributed by atoms with van der Waals surface area (Å²) in [5.41, 5.74) is 1.35. The summed E-state index contributed by atoms with van der Waals surface area (Å²) >= 11 is 0.